The summed E-state index contributed by atoms with van der Waals surface area (Å²) in [6, 6.07) is 18.9. The maximum Gasteiger partial charge on any atom is 0.283 e. The van der Waals surface area contributed by atoms with Crippen LogP contribution in [0.15, 0.2) is 105 Å². The molecule has 0 bridgehead atoms. The molecule has 0 spiro atoms. The lowest BCUT2D eigenvalue weighted by Crippen LogP contribution is -2.55. The molecule has 4 fully saturated rings. The van der Waals surface area contributed by atoms with Crippen molar-refractivity contribution in [1.29, 1.82) is 0 Å². The molecule has 0 unspecified atom stereocenters. The molecule has 0 aliphatic carbocycles. The Morgan fingerprint density at radius 1 is 0.466 bits per heavy atom. The average Bonchev–Trinajstić information content (AvgIpc) is 1.29. The summed E-state index contributed by atoms with van der Waals surface area (Å²) in [5, 5.41) is 11.0. The van der Waals surface area contributed by atoms with Gasteiger partial charge in [-0.1, -0.05) is 36.4 Å². The van der Waals surface area contributed by atoms with Crippen molar-refractivity contribution < 1.29 is 77.9 Å². The van der Waals surface area contributed by atoms with Crippen LogP contribution in [-0.4, -0.2) is 131 Å². The fourth-order valence-corrected chi connectivity index (χ4v) is 13.3. The zero-order chi connectivity index (χ0) is 63.5. The molecule has 478 valence electrons. The van der Waals surface area contributed by atoms with Crippen molar-refractivity contribution in [3.05, 3.63) is 141 Å². The third kappa shape index (κ3) is 12.8. The molecule has 0 saturated carbocycles. The summed E-state index contributed by atoms with van der Waals surface area (Å²) in [5.41, 5.74) is 17.4. The summed E-state index contributed by atoms with van der Waals surface area (Å²) in [5.74, 6) is -3.69. The minimum Gasteiger partial charge on any atom is -0.477 e. The number of nitro groups is 1. The maximum absolute atomic E-state index is 14.4. The number of alkyl halides is 4. The van der Waals surface area contributed by atoms with Crippen LogP contribution in [-0.2, 0) is 60.1 Å². The molecule has 88 heavy (non-hydrogen) atoms. The lowest BCUT2D eigenvalue weighted by Gasteiger charge is -2.47. The first-order valence-corrected chi connectivity index (χ1v) is 29.0. The van der Waals surface area contributed by atoms with E-state index in [4.69, 9.17) is 60.8 Å². The van der Waals surface area contributed by atoms with Crippen LogP contribution in [0.4, 0.5) is 46.5 Å². The molecule has 4 aromatic carbocycles. The van der Waals surface area contributed by atoms with E-state index in [9.17, 15) is 45.2 Å². The molecule has 0 aromatic heterocycles. The number of anilines is 1. The Morgan fingerprint density at radius 3 is 1.15 bits per heavy atom. The number of amidine groups is 3. The van der Waals surface area contributed by atoms with E-state index in [1.165, 1.54) is 30.3 Å². The van der Waals surface area contributed by atoms with Crippen LogP contribution in [0.2, 0.25) is 0 Å². The highest BCUT2D eigenvalue weighted by atomic mass is 19.2. The molecule has 8 aliphatic heterocycles. The van der Waals surface area contributed by atoms with Crippen molar-refractivity contribution in [2.75, 3.05) is 58.9 Å². The van der Waals surface area contributed by atoms with Crippen molar-refractivity contribution in [2.45, 2.75) is 131 Å². The molecule has 8 N–H and O–H groups in total. The topological polar surface area (TPSA) is 270 Å². The molecule has 0 amide bonds. The molecular weight excluding hydrogens is 1170 g/mol. The molecule has 12 rings (SSSR count). The third-order valence-electron chi connectivity index (χ3n) is 17.8. The first kappa shape index (κ1) is 65.1. The van der Waals surface area contributed by atoms with Gasteiger partial charge in [-0.15, -0.1) is 0 Å². The second-order valence-corrected chi connectivity index (χ2v) is 23.4. The van der Waals surface area contributed by atoms with E-state index >= 15 is 0 Å². The van der Waals surface area contributed by atoms with Crippen LogP contribution in [0.5, 0.6) is 0 Å². The summed E-state index contributed by atoms with van der Waals surface area (Å²) in [7, 11) is 0. The Kier molecular flexibility index (Phi) is 19.8. The van der Waals surface area contributed by atoms with Crippen molar-refractivity contribution >= 4 is 35.3 Å². The van der Waals surface area contributed by atoms with Crippen molar-refractivity contribution in [3.63, 3.8) is 0 Å². The second kappa shape index (κ2) is 26.8. The van der Waals surface area contributed by atoms with Crippen LogP contribution in [0.3, 0.4) is 0 Å². The molecule has 4 saturated heterocycles. The molecule has 8 aliphatic rings. The largest absolute Gasteiger partial charge is 0.477 e. The Labute approximate surface area is 503 Å². The van der Waals surface area contributed by atoms with Crippen molar-refractivity contribution in [3.8, 4) is 0 Å². The predicted molar refractivity (Wildman–Crippen MR) is 309 cm³/mol. The van der Waals surface area contributed by atoms with Crippen LogP contribution < -0.4 is 22.9 Å². The van der Waals surface area contributed by atoms with E-state index < -0.39 is 101 Å². The Hall–Kier alpha value is -7.36. The number of nitrogens with two attached hydrogens (primary N) is 4. The van der Waals surface area contributed by atoms with Gasteiger partial charge < -0.3 is 60.8 Å². The van der Waals surface area contributed by atoms with Crippen molar-refractivity contribution in [2.24, 2.45) is 60.8 Å². The van der Waals surface area contributed by atoms with Crippen LogP contribution >= 0.6 is 0 Å². The number of aliphatic imine (C=N–C) groups is 4. The number of rotatable bonds is 9. The number of hydrogen-bond donors (Lipinski definition) is 4. The molecule has 16 atom stereocenters. The van der Waals surface area contributed by atoms with Gasteiger partial charge in [0.25, 0.3) is 23.8 Å². The minimum atomic E-state index is -1.71. The van der Waals surface area contributed by atoms with E-state index in [1.807, 2.05) is 27.7 Å². The van der Waals surface area contributed by atoms with Gasteiger partial charge in [0.1, 0.15) is 96.5 Å². The third-order valence-corrected chi connectivity index (χ3v) is 17.8. The lowest BCUT2D eigenvalue weighted by molar-refractivity contribution is -0.385. The molecule has 27 heteroatoms. The van der Waals surface area contributed by atoms with Gasteiger partial charge >= 0.3 is 0 Å². The highest BCUT2D eigenvalue weighted by molar-refractivity contribution is 5.76. The smallest absolute Gasteiger partial charge is 0.283 e. The predicted octanol–water partition coefficient (Wildman–Crippen LogP) is 9.11. The Balaban J connectivity index is 0.000000140. The summed E-state index contributed by atoms with van der Waals surface area (Å²) in [6.07, 6.45) is 0.753. The second-order valence-electron chi connectivity index (χ2n) is 23.4. The number of ether oxygens (including phenoxy) is 8. The molecule has 0 radical (unpaired) electrons. The number of halogens is 8. The Morgan fingerprint density at radius 2 is 0.784 bits per heavy atom. The summed E-state index contributed by atoms with van der Waals surface area (Å²) >= 11 is 0. The number of hydrogen-bond acceptors (Lipinski definition) is 18. The molecule has 19 nitrogen and oxygen atoms in total. The molecular formula is C61H73F8N9O10. The number of nitrogens with zero attached hydrogens (tertiary/aromatic N) is 5. The van der Waals surface area contributed by atoms with Gasteiger partial charge in [-0.3, -0.25) is 10.1 Å². The molecule has 8 heterocycles. The van der Waals surface area contributed by atoms with E-state index in [1.54, 1.807) is 43.3 Å². The average molecular weight is 1240 g/mol. The van der Waals surface area contributed by atoms with E-state index in [0.29, 0.717) is 43.9 Å². The van der Waals surface area contributed by atoms with E-state index in [0.717, 1.165) is 18.2 Å². The van der Waals surface area contributed by atoms with Crippen LogP contribution in [0, 0.1) is 57.1 Å². The van der Waals surface area contributed by atoms with Gasteiger partial charge in [0.2, 0.25) is 0 Å². The number of nitrogen functional groups attached to an aromatic ring is 1. The van der Waals surface area contributed by atoms with Gasteiger partial charge in [-0.05, 0) is 64.1 Å². The normalized spacial score (nSPS) is 34.5. The van der Waals surface area contributed by atoms with Gasteiger partial charge in [0.15, 0.2) is 5.90 Å². The fourth-order valence-electron chi connectivity index (χ4n) is 13.3. The van der Waals surface area contributed by atoms with Crippen LogP contribution in [0.25, 0.3) is 0 Å². The first-order valence-electron chi connectivity index (χ1n) is 29.0. The minimum absolute atomic E-state index is 0.00455. The van der Waals surface area contributed by atoms with E-state index in [2.05, 4.69) is 20.0 Å². The van der Waals surface area contributed by atoms with Crippen molar-refractivity contribution in [1.82, 2.24) is 0 Å². The number of non-ortho nitro benzene ring substituents is 1. The highest BCUT2D eigenvalue weighted by Gasteiger charge is 2.57. The highest BCUT2D eigenvalue weighted by Crippen LogP contribution is 2.49. The quantitative estimate of drug-likeness (QED) is 0.0527. The standard InChI is InChI=1S/C16H19F2NO2.C15H17F2N3O4.C15H19F2N3O2.C15H18F2N2O2/c1-10-7-15-13(8-20-10)16(9-17,19-11(2)21-15)12-5-3-4-6-14(12)18;1-8-4-13-11(6-23-8)15(7-16,19-14(18)24-13)10-5-9(20(21)22)2-3-12(10)17;1-8-4-13-11(6-21-8)15(7-16,20-14(19)22-13)10-5-9(18)2-3-12(10)17;1-9-6-13-11(7-20-9)15(8-16,19-14(18)21-13)10-4-2-3-5-12(10)17/h3-6,10,13,15H,7-9H2,1-2H3;2-3,5,8,11,13H,4,6-7H2,1H3,(H2,18,19);2-3,5,8,11,13H,4,6-7,18H2,1H3,(H2,19,20);2-5,9,11,13H,6-8H2,1H3,(H2,18,19)/t10-,13+,15-,16-;2*8-,11+,13-,15-;9-,11+,13-,15-/m1111/s1. The first-order chi connectivity index (χ1) is 42.0. The maximum atomic E-state index is 14.4. The number of fused-ring (bicyclic) bond motifs is 4. The molecule has 4 aromatic rings. The van der Waals surface area contributed by atoms with Crippen LogP contribution in [0.1, 0.15) is 82.6 Å². The summed E-state index contributed by atoms with van der Waals surface area (Å²) in [4.78, 5) is 27.0. The van der Waals surface area contributed by atoms with E-state index in [-0.39, 0.29) is 114 Å². The summed E-state index contributed by atoms with van der Waals surface area (Å²) in [6.45, 7) is 6.61. The zero-order valence-corrected chi connectivity index (χ0v) is 49.1. The van der Waals surface area contributed by atoms with Gasteiger partial charge in [-0.25, -0.2) is 55.1 Å². The summed E-state index contributed by atoms with van der Waals surface area (Å²) < 4.78 is 158. The number of nitro benzene ring substituents is 1. The SMILES string of the molecule is CC1=N[C@](CF)(c2ccccc2F)[C@H]2CO[C@H](C)C[C@H]2O1.C[C@@H]1C[C@H]2OC(N)=N[C@](CF)(c3cc(N)ccc3F)[C@H]2CO1.C[C@@H]1C[C@H]2OC(N)=N[C@](CF)(c3cc([N+](=O)[O-])ccc3F)[C@H]2CO1.C[C@@H]1C[C@H]2OC(N)=N[C@](CF)(c3ccccc3F)[C@H]2CO1. The monoisotopic (exact) mass is 1240 g/mol. The van der Waals surface area contributed by atoms with Gasteiger partial charge in [0.05, 0.1) is 79.4 Å². The Bertz CT molecular complexity index is 3180. The zero-order valence-electron chi connectivity index (χ0n) is 49.1. The number of benzene rings is 4. The fraction of sp³-hybridized carbons (Fsp3) is 0.541. The van der Waals surface area contributed by atoms with Gasteiger partial charge in [-0.2, -0.15) is 0 Å². The lowest BCUT2D eigenvalue weighted by atomic mass is 9.73. The van der Waals surface area contributed by atoms with Gasteiger partial charge in [0, 0.05) is 72.7 Å².